The van der Waals surface area contributed by atoms with Gasteiger partial charge in [0.2, 0.25) is 0 Å². The maximum absolute atomic E-state index is 10.9. The van der Waals surface area contributed by atoms with E-state index < -0.39 is 11.0 Å². The predicted octanol–water partition coefficient (Wildman–Crippen LogP) is 1.71. The molecular formula is C14H17N3O4. The van der Waals surface area contributed by atoms with Crippen LogP contribution in [-0.2, 0) is 13.0 Å². The summed E-state index contributed by atoms with van der Waals surface area (Å²) in [5, 5.41) is 21.0. The summed E-state index contributed by atoms with van der Waals surface area (Å²) in [7, 11) is 1.59. The SMILES string of the molecule is COc1ccc(CC(O)Cn2c([N+](=O)[O-])cnc2C)cc1. The van der Waals surface area contributed by atoms with Crippen molar-refractivity contribution in [2.75, 3.05) is 7.11 Å². The molecule has 1 aromatic carbocycles. The minimum Gasteiger partial charge on any atom is -0.497 e. The lowest BCUT2D eigenvalue weighted by Crippen LogP contribution is -2.20. The maximum atomic E-state index is 10.9. The molecule has 7 nitrogen and oxygen atoms in total. The van der Waals surface area contributed by atoms with E-state index in [9.17, 15) is 15.2 Å². The lowest BCUT2D eigenvalue weighted by atomic mass is 10.1. The smallest absolute Gasteiger partial charge is 0.342 e. The molecular weight excluding hydrogens is 274 g/mol. The fraction of sp³-hybridized carbons (Fsp3) is 0.357. The van der Waals surface area contributed by atoms with Crippen molar-refractivity contribution in [1.29, 1.82) is 0 Å². The molecule has 1 heterocycles. The van der Waals surface area contributed by atoms with Crippen LogP contribution in [0, 0.1) is 17.0 Å². The summed E-state index contributed by atoms with van der Waals surface area (Å²) in [5.41, 5.74) is 0.934. The Kier molecular flexibility index (Phi) is 4.54. The van der Waals surface area contributed by atoms with Crippen molar-refractivity contribution < 1.29 is 14.8 Å². The highest BCUT2D eigenvalue weighted by molar-refractivity contribution is 5.27. The number of nitro groups is 1. The van der Waals surface area contributed by atoms with E-state index in [1.807, 2.05) is 24.3 Å². The monoisotopic (exact) mass is 291 g/mol. The summed E-state index contributed by atoms with van der Waals surface area (Å²) < 4.78 is 6.48. The van der Waals surface area contributed by atoms with Crippen LogP contribution in [0.4, 0.5) is 5.82 Å². The highest BCUT2D eigenvalue weighted by Crippen LogP contribution is 2.17. The summed E-state index contributed by atoms with van der Waals surface area (Å²) in [6, 6.07) is 7.34. The third kappa shape index (κ3) is 3.57. The molecule has 0 amide bonds. The molecule has 0 saturated heterocycles. The molecule has 0 bridgehead atoms. The van der Waals surface area contributed by atoms with E-state index in [2.05, 4.69) is 4.98 Å². The van der Waals surface area contributed by atoms with Gasteiger partial charge in [0, 0.05) is 13.3 Å². The van der Waals surface area contributed by atoms with Crippen LogP contribution in [0.5, 0.6) is 5.75 Å². The molecule has 7 heteroatoms. The van der Waals surface area contributed by atoms with Gasteiger partial charge >= 0.3 is 5.82 Å². The van der Waals surface area contributed by atoms with Crippen molar-refractivity contribution in [3.8, 4) is 5.75 Å². The largest absolute Gasteiger partial charge is 0.497 e. The lowest BCUT2D eigenvalue weighted by molar-refractivity contribution is -0.392. The number of methoxy groups -OCH3 is 1. The van der Waals surface area contributed by atoms with Gasteiger partial charge in [0.25, 0.3) is 0 Å². The Hall–Kier alpha value is -2.41. The quantitative estimate of drug-likeness (QED) is 0.646. The number of nitrogens with zero attached hydrogens (tertiary/aromatic N) is 3. The predicted molar refractivity (Wildman–Crippen MR) is 76.3 cm³/mol. The van der Waals surface area contributed by atoms with Crippen LogP contribution in [-0.4, -0.2) is 32.8 Å². The number of hydrogen-bond donors (Lipinski definition) is 1. The minimum atomic E-state index is -0.731. The summed E-state index contributed by atoms with van der Waals surface area (Å²) in [6.07, 6.45) is 0.874. The van der Waals surface area contributed by atoms with Crippen LogP contribution < -0.4 is 4.74 Å². The molecule has 1 N–H and O–H groups in total. The number of aliphatic hydroxyl groups is 1. The van der Waals surface area contributed by atoms with Crippen LogP contribution in [0.3, 0.4) is 0 Å². The number of imidazole rings is 1. The Bertz CT molecular complexity index is 622. The van der Waals surface area contributed by atoms with E-state index in [4.69, 9.17) is 4.74 Å². The molecule has 0 fully saturated rings. The summed E-state index contributed by atoms with van der Waals surface area (Å²) in [4.78, 5) is 14.3. The normalized spacial score (nSPS) is 12.1. The first-order chi connectivity index (χ1) is 10.0. The average Bonchev–Trinajstić information content (AvgIpc) is 2.81. The molecule has 0 radical (unpaired) electrons. The molecule has 2 aromatic rings. The highest BCUT2D eigenvalue weighted by atomic mass is 16.6. The van der Waals surface area contributed by atoms with Gasteiger partial charge in [0.15, 0.2) is 5.82 Å². The molecule has 0 aliphatic heterocycles. The van der Waals surface area contributed by atoms with Crippen LogP contribution >= 0.6 is 0 Å². The minimum absolute atomic E-state index is 0.110. The molecule has 112 valence electrons. The third-order valence-corrected chi connectivity index (χ3v) is 3.24. The van der Waals surface area contributed by atoms with Crippen LogP contribution in [0.25, 0.3) is 0 Å². The van der Waals surface area contributed by atoms with Crippen molar-refractivity contribution in [2.45, 2.75) is 26.0 Å². The molecule has 21 heavy (non-hydrogen) atoms. The van der Waals surface area contributed by atoms with E-state index in [0.29, 0.717) is 12.2 Å². The van der Waals surface area contributed by atoms with Gasteiger partial charge in [-0.3, -0.25) is 0 Å². The highest BCUT2D eigenvalue weighted by Gasteiger charge is 2.20. The van der Waals surface area contributed by atoms with Crippen molar-refractivity contribution in [1.82, 2.24) is 9.55 Å². The number of hydrogen-bond acceptors (Lipinski definition) is 5. The Morgan fingerprint density at radius 3 is 2.67 bits per heavy atom. The molecule has 0 spiro atoms. The number of ether oxygens (including phenoxy) is 1. The first-order valence-corrected chi connectivity index (χ1v) is 6.48. The first kappa shape index (κ1) is 15.0. The van der Waals surface area contributed by atoms with Gasteiger partial charge in [-0.2, -0.15) is 0 Å². The van der Waals surface area contributed by atoms with Gasteiger partial charge < -0.3 is 20.0 Å². The molecule has 1 aromatic heterocycles. The average molecular weight is 291 g/mol. The molecule has 1 atom stereocenters. The second-order valence-corrected chi connectivity index (χ2v) is 4.74. The Labute approximate surface area is 122 Å². The molecule has 2 rings (SSSR count). The molecule has 1 unspecified atom stereocenters. The maximum Gasteiger partial charge on any atom is 0.342 e. The van der Waals surface area contributed by atoms with Crippen molar-refractivity contribution in [3.05, 3.63) is 52.0 Å². The second-order valence-electron chi connectivity index (χ2n) is 4.74. The van der Waals surface area contributed by atoms with E-state index >= 15 is 0 Å². The first-order valence-electron chi connectivity index (χ1n) is 6.48. The standard InChI is InChI=1S/C14H17N3O4/c1-10-15-8-14(17(19)20)16(10)9-12(18)7-11-3-5-13(21-2)6-4-11/h3-6,8,12,18H,7,9H2,1-2H3. The van der Waals surface area contributed by atoms with Gasteiger partial charge in [0.05, 0.1) is 13.2 Å². The number of benzene rings is 1. The topological polar surface area (TPSA) is 90.4 Å². The van der Waals surface area contributed by atoms with Crippen LogP contribution in [0.1, 0.15) is 11.4 Å². The van der Waals surface area contributed by atoms with E-state index in [0.717, 1.165) is 11.3 Å². The van der Waals surface area contributed by atoms with Crippen molar-refractivity contribution >= 4 is 5.82 Å². The van der Waals surface area contributed by atoms with Gasteiger partial charge in [0.1, 0.15) is 18.5 Å². The lowest BCUT2D eigenvalue weighted by Gasteiger charge is -2.11. The van der Waals surface area contributed by atoms with E-state index in [1.165, 1.54) is 10.8 Å². The van der Waals surface area contributed by atoms with Crippen LogP contribution in [0.15, 0.2) is 30.5 Å². The van der Waals surface area contributed by atoms with Gasteiger partial charge in [-0.15, -0.1) is 0 Å². The Morgan fingerprint density at radius 1 is 1.43 bits per heavy atom. The van der Waals surface area contributed by atoms with Gasteiger partial charge in [-0.1, -0.05) is 12.1 Å². The number of rotatable bonds is 6. The zero-order valence-electron chi connectivity index (χ0n) is 11.9. The Morgan fingerprint density at radius 2 is 2.10 bits per heavy atom. The van der Waals surface area contributed by atoms with Crippen LogP contribution in [0.2, 0.25) is 0 Å². The zero-order valence-corrected chi connectivity index (χ0v) is 11.9. The number of aryl methyl sites for hydroxylation is 1. The molecule has 0 aliphatic carbocycles. The fourth-order valence-corrected chi connectivity index (χ4v) is 2.14. The molecule has 0 saturated carbocycles. The zero-order chi connectivity index (χ0) is 15.4. The van der Waals surface area contributed by atoms with Crippen molar-refractivity contribution in [3.63, 3.8) is 0 Å². The summed E-state index contributed by atoms with van der Waals surface area (Å²) >= 11 is 0. The third-order valence-electron chi connectivity index (χ3n) is 3.24. The van der Waals surface area contributed by atoms with Gasteiger partial charge in [-0.25, -0.2) is 9.55 Å². The van der Waals surface area contributed by atoms with Gasteiger partial charge in [-0.05, 0) is 22.6 Å². The number of aromatic nitrogens is 2. The van der Waals surface area contributed by atoms with Crippen molar-refractivity contribution in [2.24, 2.45) is 0 Å². The van der Waals surface area contributed by atoms with E-state index in [1.54, 1.807) is 14.0 Å². The molecule has 0 aliphatic rings. The fourth-order valence-electron chi connectivity index (χ4n) is 2.14. The number of aliphatic hydroxyl groups excluding tert-OH is 1. The summed E-state index contributed by atoms with van der Waals surface area (Å²) in [6.45, 7) is 1.81. The second kappa shape index (κ2) is 6.36. The summed E-state index contributed by atoms with van der Waals surface area (Å²) in [5.74, 6) is 1.14. The Balaban J connectivity index is 2.06. The van der Waals surface area contributed by atoms with E-state index in [-0.39, 0.29) is 12.4 Å².